The Hall–Kier alpha value is -3.41. The van der Waals surface area contributed by atoms with Crippen molar-refractivity contribution in [2.45, 2.75) is 39.7 Å². The summed E-state index contributed by atoms with van der Waals surface area (Å²) in [6, 6.07) is 13.4. The van der Waals surface area contributed by atoms with Crippen molar-refractivity contribution in [1.29, 1.82) is 5.41 Å². The van der Waals surface area contributed by atoms with Gasteiger partial charge in [0.1, 0.15) is 11.6 Å². The molecule has 6 heteroatoms. The van der Waals surface area contributed by atoms with Crippen molar-refractivity contribution in [1.82, 2.24) is 5.32 Å². The fourth-order valence-electron chi connectivity index (χ4n) is 2.74. The second-order valence-electron chi connectivity index (χ2n) is 6.94. The molecule has 29 heavy (non-hydrogen) atoms. The number of carbonyl (C=O) groups excluding carboxylic acids is 2. The lowest BCUT2D eigenvalue weighted by Crippen LogP contribution is -2.32. The highest BCUT2D eigenvalue weighted by molar-refractivity contribution is 5.98. The van der Waals surface area contributed by atoms with Crippen molar-refractivity contribution in [2.75, 3.05) is 0 Å². The number of carbonyl (C=O) groups is 2. The molecule has 0 spiro atoms. The molecule has 0 unspecified atom stereocenters. The fourth-order valence-corrected chi connectivity index (χ4v) is 2.74. The van der Waals surface area contributed by atoms with Crippen molar-refractivity contribution in [2.24, 2.45) is 5.73 Å². The van der Waals surface area contributed by atoms with Gasteiger partial charge in [0.15, 0.2) is 0 Å². The van der Waals surface area contributed by atoms with Crippen LogP contribution in [0.4, 0.5) is 0 Å². The zero-order valence-corrected chi connectivity index (χ0v) is 17.0. The summed E-state index contributed by atoms with van der Waals surface area (Å²) >= 11 is 0. The first kappa shape index (κ1) is 21.9. The zero-order chi connectivity index (χ0) is 21.4. The number of hydrogen-bond acceptors (Lipinski definition) is 4. The largest absolute Gasteiger partial charge is 0.423 e. The average Bonchev–Trinajstić information content (AvgIpc) is 2.69. The molecule has 0 saturated heterocycles. The Labute approximate surface area is 171 Å². The van der Waals surface area contributed by atoms with Crippen LogP contribution in [0.5, 0.6) is 5.75 Å². The van der Waals surface area contributed by atoms with Crippen molar-refractivity contribution in [3.8, 4) is 5.75 Å². The van der Waals surface area contributed by atoms with Gasteiger partial charge < -0.3 is 15.8 Å². The van der Waals surface area contributed by atoms with E-state index in [1.807, 2.05) is 6.92 Å². The molecule has 0 aromatic heterocycles. The van der Waals surface area contributed by atoms with E-state index in [4.69, 9.17) is 15.9 Å². The maximum atomic E-state index is 12.3. The number of nitrogens with two attached hydrogens (primary N) is 1. The van der Waals surface area contributed by atoms with Crippen molar-refractivity contribution in [3.05, 3.63) is 70.8 Å². The van der Waals surface area contributed by atoms with Gasteiger partial charge in [-0.25, -0.2) is 4.79 Å². The van der Waals surface area contributed by atoms with Crippen molar-refractivity contribution in [3.63, 3.8) is 0 Å². The number of nitrogens with one attached hydrogen (secondary N) is 2. The van der Waals surface area contributed by atoms with Gasteiger partial charge in [0.05, 0.1) is 5.56 Å². The molecule has 1 amide bonds. The quantitative estimate of drug-likeness (QED) is 0.208. The SMILES string of the molecule is CCC[C@@H](C)NC(=O)C(C)=Cc1ccc(C(=O)Oc2ccc(C(=N)N)cc2)cc1. The van der Waals surface area contributed by atoms with Crippen LogP contribution in [0.15, 0.2) is 54.1 Å². The van der Waals surface area contributed by atoms with Gasteiger partial charge in [-0.15, -0.1) is 0 Å². The third kappa shape index (κ3) is 6.60. The Morgan fingerprint density at radius 1 is 1.10 bits per heavy atom. The van der Waals surface area contributed by atoms with Gasteiger partial charge in [-0.2, -0.15) is 0 Å². The minimum atomic E-state index is -0.487. The molecule has 0 aliphatic carbocycles. The van der Waals surface area contributed by atoms with Crippen molar-refractivity contribution < 1.29 is 14.3 Å². The van der Waals surface area contributed by atoms with Gasteiger partial charge in [0.2, 0.25) is 5.91 Å². The van der Waals surface area contributed by atoms with Gasteiger partial charge in [-0.1, -0.05) is 25.5 Å². The van der Waals surface area contributed by atoms with Crippen LogP contribution >= 0.6 is 0 Å². The van der Waals surface area contributed by atoms with Gasteiger partial charge in [0.25, 0.3) is 0 Å². The fraction of sp³-hybridized carbons (Fsp3) is 0.261. The molecule has 152 valence electrons. The highest BCUT2D eigenvalue weighted by Gasteiger charge is 2.10. The molecule has 2 rings (SSSR count). The molecular weight excluding hydrogens is 366 g/mol. The normalized spacial score (nSPS) is 12.2. The van der Waals surface area contributed by atoms with Crippen LogP contribution in [-0.2, 0) is 4.79 Å². The van der Waals surface area contributed by atoms with Gasteiger partial charge in [-0.3, -0.25) is 10.2 Å². The number of amides is 1. The standard InChI is InChI=1S/C23H27N3O3/c1-4-5-16(3)26-22(27)15(2)14-17-6-8-19(9-7-17)23(28)29-20-12-10-18(11-13-20)21(24)25/h6-14,16H,4-5H2,1-3H3,(H3,24,25)(H,26,27)/t16-/m1/s1. The molecule has 0 aliphatic heterocycles. The lowest BCUT2D eigenvalue weighted by atomic mass is 10.1. The molecule has 4 N–H and O–H groups in total. The molecule has 0 saturated carbocycles. The minimum Gasteiger partial charge on any atom is -0.423 e. The lowest BCUT2D eigenvalue weighted by molar-refractivity contribution is -0.118. The predicted molar refractivity (Wildman–Crippen MR) is 115 cm³/mol. The van der Waals surface area contributed by atoms with E-state index < -0.39 is 5.97 Å². The molecule has 1 atom stereocenters. The second-order valence-corrected chi connectivity index (χ2v) is 6.94. The molecule has 0 aliphatic rings. The first-order chi connectivity index (χ1) is 13.8. The van der Waals surface area contributed by atoms with E-state index in [1.165, 1.54) is 0 Å². The predicted octanol–water partition coefficient (Wildman–Crippen LogP) is 3.90. The van der Waals surface area contributed by atoms with Crippen LogP contribution in [0.2, 0.25) is 0 Å². The molecule has 2 aromatic rings. The summed E-state index contributed by atoms with van der Waals surface area (Å²) < 4.78 is 5.33. The number of amidine groups is 1. The summed E-state index contributed by atoms with van der Waals surface area (Å²) in [5.41, 5.74) is 7.79. The number of hydrogen-bond donors (Lipinski definition) is 3. The number of benzene rings is 2. The van der Waals surface area contributed by atoms with E-state index in [0.29, 0.717) is 22.4 Å². The first-order valence-electron chi connectivity index (χ1n) is 9.56. The van der Waals surface area contributed by atoms with E-state index in [2.05, 4.69) is 12.2 Å². The maximum Gasteiger partial charge on any atom is 0.343 e. The molecule has 6 nitrogen and oxygen atoms in total. The number of esters is 1. The molecule has 0 radical (unpaired) electrons. The van der Waals surface area contributed by atoms with E-state index in [-0.39, 0.29) is 17.8 Å². The minimum absolute atomic E-state index is 0.0460. The van der Waals surface area contributed by atoms with E-state index in [9.17, 15) is 9.59 Å². The Kier molecular flexibility index (Phi) is 7.71. The van der Waals surface area contributed by atoms with E-state index in [0.717, 1.165) is 18.4 Å². The smallest absolute Gasteiger partial charge is 0.343 e. The van der Waals surface area contributed by atoms with Crippen LogP contribution in [0.25, 0.3) is 6.08 Å². The molecule has 0 heterocycles. The second kappa shape index (κ2) is 10.2. The number of ether oxygens (including phenoxy) is 1. The first-order valence-corrected chi connectivity index (χ1v) is 9.56. The lowest BCUT2D eigenvalue weighted by Gasteiger charge is -2.12. The van der Waals surface area contributed by atoms with E-state index in [1.54, 1.807) is 61.5 Å². The molecular formula is C23H27N3O3. The van der Waals surface area contributed by atoms with Crippen LogP contribution in [0.3, 0.4) is 0 Å². The van der Waals surface area contributed by atoms with Crippen LogP contribution < -0.4 is 15.8 Å². The highest BCUT2D eigenvalue weighted by Crippen LogP contribution is 2.15. The van der Waals surface area contributed by atoms with Crippen LogP contribution in [0, 0.1) is 5.41 Å². The van der Waals surface area contributed by atoms with E-state index >= 15 is 0 Å². The third-order valence-electron chi connectivity index (χ3n) is 4.36. The van der Waals surface area contributed by atoms with Crippen molar-refractivity contribution >= 4 is 23.8 Å². The zero-order valence-electron chi connectivity index (χ0n) is 17.0. The Morgan fingerprint density at radius 3 is 2.24 bits per heavy atom. The van der Waals surface area contributed by atoms with Crippen LogP contribution in [0.1, 0.15) is 55.1 Å². The Bertz CT molecular complexity index is 900. The summed E-state index contributed by atoms with van der Waals surface area (Å²) in [6.45, 7) is 5.84. The third-order valence-corrected chi connectivity index (χ3v) is 4.36. The summed E-state index contributed by atoms with van der Waals surface area (Å²) in [5, 5.41) is 10.3. The molecule has 2 aromatic carbocycles. The Morgan fingerprint density at radius 2 is 1.69 bits per heavy atom. The number of rotatable bonds is 8. The monoisotopic (exact) mass is 393 g/mol. The van der Waals surface area contributed by atoms with Gasteiger partial charge in [-0.05, 0) is 68.3 Å². The average molecular weight is 393 g/mol. The summed E-state index contributed by atoms with van der Waals surface area (Å²) in [6.07, 6.45) is 3.74. The summed E-state index contributed by atoms with van der Waals surface area (Å²) in [5.74, 6) is -0.254. The number of nitrogen functional groups attached to an aromatic ring is 1. The van der Waals surface area contributed by atoms with Gasteiger partial charge >= 0.3 is 5.97 Å². The maximum absolute atomic E-state index is 12.3. The van der Waals surface area contributed by atoms with Crippen LogP contribution in [-0.4, -0.2) is 23.8 Å². The topological polar surface area (TPSA) is 105 Å². The molecule has 0 fully saturated rings. The highest BCUT2D eigenvalue weighted by atomic mass is 16.5. The Balaban J connectivity index is 2.00. The summed E-state index contributed by atoms with van der Waals surface area (Å²) in [7, 11) is 0. The van der Waals surface area contributed by atoms with Gasteiger partial charge in [0, 0.05) is 17.2 Å². The molecule has 0 bridgehead atoms. The summed E-state index contributed by atoms with van der Waals surface area (Å²) in [4.78, 5) is 24.5.